The summed E-state index contributed by atoms with van der Waals surface area (Å²) in [6, 6.07) is 13.9. The number of aromatic nitrogens is 1. The molecule has 0 amide bonds. The summed E-state index contributed by atoms with van der Waals surface area (Å²) in [6.07, 6.45) is 0. The predicted molar refractivity (Wildman–Crippen MR) is 55.7 cm³/mol. The fourth-order valence-electron chi connectivity index (χ4n) is 1.51. The second kappa shape index (κ2) is 3.39. The molecule has 0 saturated heterocycles. The largest absolute Gasteiger partial charge is 0.358 e. The van der Waals surface area contributed by atoms with E-state index in [4.69, 9.17) is 5.26 Å². The SMILES string of the molecule is Cc1cc(C#N)c(-c2ccccc2)[nH]1. The first-order valence-corrected chi connectivity index (χ1v) is 4.46. The van der Waals surface area contributed by atoms with Crippen LogP contribution in [0, 0.1) is 18.3 Å². The minimum atomic E-state index is 0.703. The number of rotatable bonds is 1. The molecule has 0 atom stereocenters. The van der Waals surface area contributed by atoms with Crippen molar-refractivity contribution in [3.8, 4) is 17.3 Å². The summed E-state index contributed by atoms with van der Waals surface area (Å²) in [5.74, 6) is 0. The Labute approximate surface area is 82.8 Å². The van der Waals surface area contributed by atoms with Gasteiger partial charge in [-0.15, -0.1) is 0 Å². The van der Waals surface area contributed by atoms with Gasteiger partial charge in [0.2, 0.25) is 0 Å². The molecular formula is C12H10N2. The van der Waals surface area contributed by atoms with Crippen LogP contribution in [-0.4, -0.2) is 4.98 Å². The van der Waals surface area contributed by atoms with Crippen LogP contribution in [0.3, 0.4) is 0 Å². The molecule has 2 aromatic rings. The zero-order valence-electron chi connectivity index (χ0n) is 7.91. The maximum Gasteiger partial charge on any atom is 0.101 e. The van der Waals surface area contributed by atoms with Gasteiger partial charge in [0, 0.05) is 5.69 Å². The molecule has 1 aromatic carbocycles. The van der Waals surface area contributed by atoms with E-state index in [0.717, 1.165) is 17.0 Å². The van der Waals surface area contributed by atoms with Crippen molar-refractivity contribution in [3.63, 3.8) is 0 Å². The van der Waals surface area contributed by atoms with Gasteiger partial charge < -0.3 is 4.98 Å². The molecule has 0 fully saturated rings. The third-order valence-electron chi connectivity index (χ3n) is 2.14. The van der Waals surface area contributed by atoms with Crippen molar-refractivity contribution in [3.05, 3.63) is 47.7 Å². The molecule has 1 heterocycles. The fraction of sp³-hybridized carbons (Fsp3) is 0.0833. The van der Waals surface area contributed by atoms with Crippen molar-refractivity contribution >= 4 is 0 Å². The maximum absolute atomic E-state index is 8.92. The lowest BCUT2D eigenvalue weighted by Gasteiger charge is -1.97. The highest BCUT2D eigenvalue weighted by atomic mass is 14.7. The summed E-state index contributed by atoms with van der Waals surface area (Å²) >= 11 is 0. The van der Waals surface area contributed by atoms with Gasteiger partial charge in [0.05, 0.1) is 11.3 Å². The van der Waals surface area contributed by atoms with Crippen LogP contribution in [0.2, 0.25) is 0 Å². The van der Waals surface area contributed by atoms with E-state index in [1.54, 1.807) is 0 Å². The lowest BCUT2D eigenvalue weighted by atomic mass is 10.1. The molecule has 2 nitrogen and oxygen atoms in total. The molecule has 0 aliphatic rings. The van der Waals surface area contributed by atoms with Gasteiger partial charge >= 0.3 is 0 Å². The molecule has 0 aliphatic carbocycles. The first-order valence-electron chi connectivity index (χ1n) is 4.46. The third-order valence-corrected chi connectivity index (χ3v) is 2.14. The second-order valence-electron chi connectivity index (χ2n) is 3.22. The zero-order chi connectivity index (χ0) is 9.97. The lowest BCUT2D eigenvalue weighted by molar-refractivity contribution is 1.27. The average molecular weight is 182 g/mol. The van der Waals surface area contributed by atoms with Crippen molar-refractivity contribution in [2.24, 2.45) is 0 Å². The molecule has 0 bridgehead atoms. The molecule has 14 heavy (non-hydrogen) atoms. The molecule has 2 rings (SSSR count). The number of aryl methyl sites for hydroxylation is 1. The van der Waals surface area contributed by atoms with E-state index in [9.17, 15) is 0 Å². The maximum atomic E-state index is 8.92. The summed E-state index contributed by atoms with van der Waals surface area (Å²) in [4.78, 5) is 3.19. The van der Waals surface area contributed by atoms with Crippen molar-refractivity contribution in [2.75, 3.05) is 0 Å². The summed E-state index contributed by atoms with van der Waals surface area (Å²) in [5, 5.41) is 8.92. The number of nitrogens with zero attached hydrogens (tertiary/aromatic N) is 1. The molecule has 1 aromatic heterocycles. The Hall–Kier alpha value is -2.01. The summed E-state index contributed by atoms with van der Waals surface area (Å²) in [5.41, 5.74) is 3.68. The molecule has 0 spiro atoms. The molecule has 68 valence electrons. The summed E-state index contributed by atoms with van der Waals surface area (Å²) in [7, 11) is 0. The van der Waals surface area contributed by atoms with Crippen LogP contribution >= 0.6 is 0 Å². The van der Waals surface area contributed by atoms with Crippen LogP contribution in [0.4, 0.5) is 0 Å². The summed E-state index contributed by atoms with van der Waals surface area (Å²) in [6.45, 7) is 1.95. The Bertz CT molecular complexity index is 475. The Kier molecular flexibility index (Phi) is 2.08. The average Bonchev–Trinajstić information content (AvgIpc) is 2.61. The van der Waals surface area contributed by atoms with Crippen LogP contribution in [0.15, 0.2) is 36.4 Å². The minimum absolute atomic E-state index is 0.703. The number of aromatic amines is 1. The standard InChI is InChI=1S/C12H10N2/c1-9-7-11(8-13)12(14-9)10-5-3-2-4-6-10/h2-7,14H,1H3. The van der Waals surface area contributed by atoms with Gasteiger partial charge in [0.25, 0.3) is 0 Å². The Morgan fingerprint density at radius 1 is 1.21 bits per heavy atom. The number of hydrogen-bond acceptors (Lipinski definition) is 1. The lowest BCUT2D eigenvalue weighted by Crippen LogP contribution is -1.80. The number of nitrogens with one attached hydrogen (secondary N) is 1. The third kappa shape index (κ3) is 1.40. The van der Waals surface area contributed by atoms with Gasteiger partial charge in [-0.3, -0.25) is 0 Å². The van der Waals surface area contributed by atoms with Gasteiger partial charge in [-0.1, -0.05) is 30.3 Å². The quantitative estimate of drug-likeness (QED) is 0.723. The van der Waals surface area contributed by atoms with E-state index in [1.807, 2.05) is 43.3 Å². The first kappa shape index (κ1) is 8.58. The van der Waals surface area contributed by atoms with E-state index >= 15 is 0 Å². The van der Waals surface area contributed by atoms with E-state index in [-0.39, 0.29) is 0 Å². The van der Waals surface area contributed by atoms with Crippen LogP contribution in [-0.2, 0) is 0 Å². The van der Waals surface area contributed by atoms with Crippen molar-refractivity contribution < 1.29 is 0 Å². The smallest absolute Gasteiger partial charge is 0.101 e. The number of hydrogen-bond donors (Lipinski definition) is 1. The molecule has 0 saturated carbocycles. The van der Waals surface area contributed by atoms with Crippen LogP contribution in [0.5, 0.6) is 0 Å². The highest BCUT2D eigenvalue weighted by Gasteiger charge is 2.06. The van der Waals surface area contributed by atoms with Gasteiger partial charge in [0.1, 0.15) is 6.07 Å². The number of H-pyrrole nitrogens is 1. The van der Waals surface area contributed by atoms with Crippen molar-refractivity contribution in [2.45, 2.75) is 6.92 Å². The van der Waals surface area contributed by atoms with E-state index in [0.29, 0.717) is 5.56 Å². The predicted octanol–water partition coefficient (Wildman–Crippen LogP) is 2.86. The second-order valence-corrected chi connectivity index (χ2v) is 3.22. The highest BCUT2D eigenvalue weighted by molar-refractivity contribution is 5.67. The van der Waals surface area contributed by atoms with E-state index < -0.39 is 0 Å². The molecular weight excluding hydrogens is 172 g/mol. The Morgan fingerprint density at radius 2 is 1.93 bits per heavy atom. The number of nitriles is 1. The minimum Gasteiger partial charge on any atom is -0.358 e. The fourth-order valence-corrected chi connectivity index (χ4v) is 1.51. The molecule has 2 heteroatoms. The van der Waals surface area contributed by atoms with Gasteiger partial charge in [-0.2, -0.15) is 5.26 Å². The van der Waals surface area contributed by atoms with E-state index in [2.05, 4.69) is 11.1 Å². The van der Waals surface area contributed by atoms with Crippen LogP contribution < -0.4 is 0 Å². The van der Waals surface area contributed by atoms with Crippen molar-refractivity contribution in [1.82, 2.24) is 4.98 Å². The van der Waals surface area contributed by atoms with Gasteiger partial charge in [0.15, 0.2) is 0 Å². The monoisotopic (exact) mass is 182 g/mol. The summed E-state index contributed by atoms with van der Waals surface area (Å²) < 4.78 is 0. The van der Waals surface area contributed by atoms with Crippen molar-refractivity contribution in [1.29, 1.82) is 5.26 Å². The highest BCUT2D eigenvalue weighted by Crippen LogP contribution is 2.22. The Balaban J connectivity index is 2.58. The van der Waals surface area contributed by atoms with Gasteiger partial charge in [-0.25, -0.2) is 0 Å². The Morgan fingerprint density at radius 3 is 2.57 bits per heavy atom. The van der Waals surface area contributed by atoms with Crippen LogP contribution in [0.1, 0.15) is 11.3 Å². The van der Waals surface area contributed by atoms with Crippen LogP contribution in [0.25, 0.3) is 11.3 Å². The molecule has 1 N–H and O–H groups in total. The van der Waals surface area contributed by atoms with E-state index in [1.165, 1.54) is 0 Å². The topological polar surface area (TPSA) is 39.6 Å². The molecule has 0 unspecified atom stereocenters. The molecule has 0 radical (unpaired) electrons. The number of benzene rings is 1. The normalized spacial score (nSPS) is 9.71. The molecule has 0 aliphatic heterocycles. The first-order chi connectivity index (χ1) is 6.81. The van der Waals surface area contributed by atoms with Gasteiger partial charge in [-0.05, 0) is 18.6 Å². The zero-order valence-corrected chi connectivity index (χ0v) is 7.91.